The largest absolute Gasteiger partial charge is 0.421 e. The number of carbonyl (C=O) groups excluding carboxylic acids is 2. The van der Waals surface area contributed by atoms with Crippen molar-refractivity contribution in [3.05, 3.63) is 102 Å². The van der Waals surface area contributed by atoms with Crippen LogP contribution in [-0.2, 0) is 4.79 Å². The Balaban J connectivity index is 0.000000221. The second kappa shape index (κ2) is 11.5. The van der Waals surface area contributed by atoms with Gasteiger partial charge >= 0.3 is 5.97 Å². The third-order valence-corrected chi connectivity index (χ3v) is 3.93. The van der Waals surface area contributed by atoms with Crippen molar-refractivity contribution in [2.45, 2.75) is 12.1 Å². The fourth-order valence-corrected chi connectivity index (χ4v) is 2.35. The Morgan fingerprint density at radius 3 is 1.83 bits per heavy atom. The highest BCUT2D eigenvalue weighted by Gasteiger charge is 2.18. The number of aliphatic hydroxyl groups is 2. The maximum atomic E-state index is 11.7. The Hall–Kier alpha value is -3.32. The molecule has 0 fully saturated rings. The molecule has 0 saturated heterocycles. The molecule has 0 saturated carbocycles. The van der Waals surface area contributed by atoms with E-state index in [1.165, 1.54) is 0 Å². The van der Waals surface area contributed by atoms with Gasteiger partial charge in [0.15, 0.2) is 0 Å². The van der Waals surface area contributed by atoms with Gasteiger partial charge in [-0.1, -0.05) is 78.9 Å². The summed E-state index contributed by atoms with van der Waals surface area (Å²) in [5, 5.41) is 18.2. The molecule has 0 aliphatic heterocycles. The highest BCUT2D eigenvalue weighted by molar-refractivity contribution is 6.41. The number of nitrogens with two attached hydrogens (primary N) is 1. The molecular formula is C23H23NO5. The van der Waals surface area contributed by atoms with E-state index >= 15 is 0 Å². The van der Waals surface area contributed by atoms with Gasteiger partial charge in [-0.25, -0.2) is 4.79 Å². The number of aliphatic hydroxyl groups excluding tert-OH is 2. The second-order valence-electron chi connectivity index (χ2n) is 6.10. The van der Waals surface area contributed by atoms with E-state index in [0.29, 0.717) is 11.3 Å². The standard InChI is InChI=1S/C14H10O3.C9H13NO2/c15-13(11-7-3-1-4-8-11)14(16)17-12-9-5-2-6-10-12;10-8(6-11)9(12)7-4-2-1-3-5-7/h1-10H;1-5,8-9,11-12H,6,10H2. The number of hydrogen-bond donors (Lipinski definition) is 3. The van der Waals surface area contributed by atoms with Gasteiger partial charge in [-0.15, -0.1) is 0 Å². The van der Waals surface area contributed by atoms with Gasteiger partial charge < -0.3 is 20.7 Å². The molecule has 6 nitrogen and oxygen atoms in total. The van der Waals surface area contributed by atoms with Crippen LogP contribution in [0.5, 0.6) is 5.75 Å². The van der Waals surface area contributed by atoms with Crippen molar-refractivity contribution in [1.29, 1.82) is 0 Å². The highest BCUT2D eigenvalue weighted by Crippen LogP contribution is 2.14. The highest BCUT2D eigenvalue weighted by atomic mass is 16.5. The van der Waals surface area contributed by atoms with Gasteiger partial charge in [-0.2, -0.15) is 0 Å². The fourth-order valence-electron chi connectivity index (χ4n) is 2.35. The van der Waals surface area contributed by atoms with Crippen LogP contribution in [0.2, 0.25) is 0 Å². The van der Waals surface area contributed by atoms with E-state index in [9.17, 15) is 14.7 Å². The van der Waals surface area contributed by atoms with Crippen LogP contribution < -0.4 is 10.5 Å². The summed E-state index contributed by atoms with van der Waals surface area (Å²) < 4.78 is 4.94. The third kappa shape index (κ3) is 6.97. The molecule has 3 rings (SSSR count). The van der Waals surface area contributed by atoms with Crippen LogP contribution in [0.1, 0.15) is 22.0 Å². The first-order chi connectivity index (χ1) is 14.0. The van der Waals surface area contributed by atoms with Crippen molar-refractivity contribution in [2.75, 3.05) is 6.61 Å². The van der Waals surface area contributed by atoms with Crippen molar-refractivity contribution >= 4 is 11.8 Å². The number of hydrogen-bond acceptors (Lipinski definition) is 6. The van der Waals surface area contributed by atoms with Gasteiger partial charge in [0.25, 0.3) is 5.78 Å². The lowest BCUT2D eigenvalue weighted by Crippen LogP contribution is -2.31. The molecule has 0 amide bonds. The van der Waals surface area contributed by atoms with E-state index in [4.69, 9.17) is 15.6 Å². The lowest BCUT2D eigenvalue weighted by molar-refractivity contribution is -0.129. The predicted octanol–water partition coefficient (Wildman–Crippen LogP) is 2.51. The number of Topliss-reactive ketones (excluding diaryl/α,β-unsaturated/α-hetero) is 1. The summed E-state index contributed by atoms with van der Waals surface area (Å²) in [7, 11) is 0. The second-order valence-corrected chi connectivity index (χ2v) is 6.10. The molecule has 4 N–H and O–H groups in total. The van der Waals surface area contributed by atoms with E-state index in [2.05, 4.69) is 0 Å². The average molecular weight is 393 g/mol. The first-order valence-electron chi connectivity index (χ1n) is 8.99. The van der Waals surface area contributed by atoms with E-state index in [1.54, 1.807) is 72.8 Å². The zero-order valence-electron chi connectivity index (χ0n) is 15.7. The number of esters is 1. The van der Waals surface area contributed by atoms with Gasteiger partial charge in [-0.3, -0.25) is 4.79 Å². The van der Waals surface area contributed by atoms with Crippen molar-refractivity contribution in [3.8, 4) is 5.75 Å². The predicted molar refractivity (Wildman–Crippen MR) is 109 cm³/mol. The summed E-state index contributed by atoms with van der Waals surface area (Å²) in [4.78, 5) is 23.2. The van der Waals surface area contributed by atoms with Crippen LogP contribution in [0.4, 0.5) is 0 Å². The number of ether oxygens (including phenoxy) is 1. The molecule has 0 bridgehead atoms. The Labute approximate surface area is 169 Å². The van der Waals surface area contributed by atoms with E-state index in [1.807, 2.05) is 18.2 Å². The van der Waals surface area contributed by atoms with Gasteiger partial charge in [0.2, 0.25) is 0 Å². The molecule has 3 aromatic rings. The SMILES string of the molecule is NC(CO)C(O)c1ccccc1.O=C(Oc1ccccc1)C(=O)c1ccccc1. The van der Waals surface area contributed by atoms with E-state index in [0.717, 1.165) is 5.56 Å². The molecule has 6 heteroatoms. The number of para-hydroxylation sites is 1. The first kappa shape index (κ1) is 22.0. The van der Waals surface area contributed by atoms with Crippen LogP contribution in [0.15, 0.2) is 91.0 Å². The number of ketones is 1. The number of carbonyl (C=O) groups is 2. The fraction of sp³-hybridized carbons (Fsp3) is 0.130. The topological polar surface area (TPSA) is 110 Å². The Morgan fingerprint density at radius 2 is 1.31 bits per heavy atom. The van der Waals surface area contributed by atoms with Crippen LogP contribution in [0, 0.1) is 0 Å². The van der Waals surface area contributed by atoms with Crippen molar-refractivity contribution in [1.82, 2.24) is 0 Å². The molecule has 150 valence electrons. The Kier molecular flexibility index (Phi) is 8.72. The summed E-state index contributed by atoms with van der Waals surface area (Å²) >= 11 is 0. The van der Waals surface area contributed by atoms with Crippen LogP contribution in [0.3, 0.4) is 0 Å². The Bertz CT molecular complexity index is 885. The van der Waals surface area contributed by atoms with Crippen LogP contribution in [0.25, 0.3) is 0 Å². The molecule has 3 aromatic carbocycles. The molecule has 0 heterocycles. The smallest absolute Gasteiger partial charge is 0.385 e. The number of benzene rings is 3. The molecule has 2 unspecified atom stereocenters. The molecule has 2 atom stereocenters. The molecule has 0 aliphatic rings. The Morgan fingerprint density at radius 1 is 0.828 bits per heavy atom. The van der Waals surface area contributed by atoms with Crippen LogP contribution >= 0.6 is 0 Å². The summed E-state index contributed by atoms with van der Waals surface area (Å²) in [6, 6.07) is 25.3. The van der Waals surface area contributed by atoms with Crippen molar-refractivity contribution in [3.63, 3.8) is 0 Å². The van der Waals surface area contributed by atoms with Crippen LogP contribution in [-0.4, -0.2) is 34.6 Å². The molecule has 0 radical (unpaired) electrons. The lowest BCUT2D eigenvalue weighted by Gasteiger charge is -2.16. The van der Waals surface area contributed by atoms with Crippen molar-refractivity contribution in [2.24, 2.45) is 5.73 Å². The van der Waals surface area contributed by atoms with Gasteiger partial charge in [0.05, 0.1) is 18.8 Å². The quantitative estimate of drug-likeness (QED) is 0.257. The molecule has 0 spiro atoms. The minimum atomic E-state index is -0.873. The maximum Gasteiger partial charge on any atom is 0.385 e. The maximum absolute atomic E-state index is 11.7. The van der Waals surface area contributed by atoms with E-state index < -0.39 is 23.9 Å². The molecule has 0 aromatic heterocycles. The van der Waals surface area contributed by atoms with Crippen molar-refractivity contribution < 1.29 is 24.5 Å². The minimum absolute atomic E-state index is 0.212. The van der Waals surface area contributed by atoms with Gasteiger partial charge in [0.1, 0.15) is 5.75 Å². The molecule has 29 heavy (non-hydrogen) atoms. The monoisotopic (exact) mass is 393 g/mol. The molecular weight excluding hydrogens is 370 g/mol. The summed E-state index contributed by atoms with van der Waals surface area (Å²) in [5.74, 6) is -1.15. The average Bonchev–Trinajstić information content (AvgIpc) is 2.79. The zero-order valence-corrected chi connectivity index (χ0v) is 15.7. The third-order valence-electron chi connectivity index (χ3n) is 3.93. The minimum Gasteiger partial charge on any atom is -0.421 e. The number of rotatable bonds is 6. The summed E-state index contributed by atoms with van der Waals surface area (Å²) in [6.45, 7) is -0.212. The zero-order chi connectivity index (χ0) is 21.1. The normalized spacial score (nSPS) is 12.1. The van der Waals surface area contributed by atoms with Gasteiger partial charge in [-0.05, 0) is 17.7 Å². The van der Waals surface area contributed by atoms with Gasteiger partial charge in [0, 0.05) is 5.56 Å². The summed E-state index contributed by atoms with van der Waals surface area (Å²) in [5.41, 5.74) is 6.51. The summed E-state index contributed by atoms with van der Waals surface area (Å²) in [6.07, 6.45) is -0.781. The van der Waals surface area contributed by atoms with E-state index in [-0.39, 0.29) is 6.61 Å². The molecule has 0 aliphatic carbocycles. The lowest BCUT2D eigenvalue weighted by atomic mass is 10.0. The first-order valence-corrected chi connectivity index (χ1v) is 8.99.